The predicted octanol–water partition coefficient (Wildman–Crippen LogP) is 2.69. The highest BCUT2D eigenvalue weighted by Crippen LogP contribution is 2.24. The third kappa shape index (κ3) is 2.60. The molecule has 1 aromatic heterocycles. The third-order valence-electron chi connectivity index (χ3n) is 4.88. The van der Waals surface area contributed by atoms with Crippen LogP contribution in [0, 0.1) is 0 Å². The van der Waals surface area contributed by atoms with Crippen LogP contribution in [0.1, 0.15) is 25.7 Å². The highest BCUT2D eigenvalue weighted by atomic mass is 15.2. The predicted molar refractivity (Wildman–Crippen MR) is 85.6 cm³/mol. The summed E-state index contributed by atoms with van der Waals surface area (Å²) in [6.07, 6.45) is 7.22. The van der Waals surface area contributed by atoms with Crippen LogP contribution in [-0.4, -0.2) is 47.1 Å². The molecule has 110 valence electrons. The van der Waals surface area contributed by atoms with E-state index in [1.165, 1.54) is 38.8 Å². The minimum Gasteiger partial charge on any atom is -0.355 e. The van der Waals surface area contributed by atoms with Crippen LogP contribution >= 0.6 is 0 Å². The van der Waals surface area contributed by atoms with E-state index < -0.39 is 0 Å². The van der Waals surface area contributed by atoms with Crippen LogP contribution in [0.25, 0.3) is 11.0 Å². The summed E-state index contributed by atoms with van der Waals surface area (Å²) in [4.78, 5) is 14.4. The van der Waals surface area contributed by atoms with Crippen LogP contribution in [0.4, 0.5) is 5.82 Å². The molecule has 0 bridgehead atoms. The zero-order valence-corrected chi connectivity index (χ0v) is 12.4. The Morgan fingerprint density at radius 3 is 2.38 bits per heavy atom. The molecule has 1 aromatic carbocycles. The Morgan fingerprint density at radius 2 is 1.62 bits per heavy atom. The summed E-state index contributed by atoms with van der Waals surface area (Å²) in [5, 5.41) is 0. The van der Waals surface area contributed by atoms with E-state index in [-0.39, 0.29) is 0 Å². The van der Waals surface area contributed by atoms with Crippen LogP contribution < -0.4 is 4.90 Å². The van der Waals surface area contributed by atoms with E-state index in [2.05, 4.69) is 14.8 Å². The van der Waals surface area contributed by atoms with Crippen molar-refractivity contribution >= 4 is 16.9 Å². The number of fused-ring (bicyclic) bond motifs is 1. The molecule has 2 fully saturated rings. The summed E-state index contributed by atoms with van der Waals surface area (Å²) in [5.74, 6) is 1.04. The van der Waals surface area contributed by atoms with Crippen molar-refractivity contribution in [3.8, 4) is 0 Å². The van der Waals surface area contributed by atoms with E-state index in [0.717, 1.165) is 36.0 Å². The van der Waals surface area contributed by atoms with Gasteiger partial charge in [0.2, 0.25) is 0 Å². The lowest BCUT2D eigenvalue weighted by atomic mass is 10.0. The van der Waals surface area contributed by atoms with Gasteiger partial charge in [0.1, 0.15) is 5.82 Å². The van der Waals surface area contributed by atoms with Crippen molar-refractivity contribution in [2.75, 3.05) is 31.1 Å². The quantitative estimate of drug-likeness (QED) is 0.848. The van der Waals surface area contributed by atoms with Gasteiger partial charge in [-0.3, -0.25) is 4.98 Å². The van der Waals surface area contributed by atoms with E-state index >= 15 is 0 Å². The maximum Gasteiger partial charge on any atom is 0.147 e. The van der Waals surface area contributed by atoms with Gasteiger partial charge in [-0.2, -0.15) is 0 Å². The summed E-state index contributed by atoms with van der Waals surface area (Å²) in [7, 11) is 0. The smallest absolute Gasteiger partial charge is 0.147 e. The standard InChI is InChI=1S/C17H22N4/c1-2-6-16-15(5-1)18-13-17(19-16)21-11-7-14(8-12-21)20-9-3-4-10-20/h1-2,5-6,13-14H,3-4,7-12H2. The first-order chi connectivity index (χ1) is 10.4. The molecule has 2 aromatic rings. The average molecular weight is 282 g/mol. The summed E-state index contributed by atoms with van der Waals surface area (Å²) in [5.41, 5.74) is 1.98. The van der Waals surface area contributed by atoms with Gasteiger partial charge in [0.25, 0.3) is 0 Å². The lowest BCUT2D eigenvalue weighted by Crippen LogP contribution is -2.44. The third-order valence-corrected chi connectivity index (χ3v) is 4.88. The number of hydrogen-bond donors (Lipinski definition) is 0. The van der Waals surface area contributed by atoms with E-state index in [0.29, 0.717) is 0 Å². The second-order valence-corrected chi connectivity index (χ2v) is 6.18. The molecule has 21 heavy (non-hydrogen) atoms. The number of piperidine rings is 1. The number of aromatic nitrogens is 2. The molecule has 0 radical (unpaired) electrons. The van der Waals surface area contributed by atoms with Gasteiger partial charge in [-0.05, 0) is 50.9 Å². The van der Waals surface area contributed by atoms with Crippen molar-refractivity contribution in [2.24, 2.45) is 0 Å². The first-order valence-corrected chi connectivity index (χ1v) is 8.11. The first-order valence-electron chi connectivity index (χ1n) is 8.11. The van der Waals surface area contributed by atoms with E-state index in [1.54, 1.807) is 0 Å². The van der Waals surface area contributed by atoms with E-state index in [4.69, 9.17) is 4.98 Å². The zero-order chi connectivity index (χ0) is 14.1. The number of anilines is 1. The number of para-hydroxylation sites is 2. The lowest BCUT2D eigenvalue weighted by Gasteiger charge is -2.37. The van der Waals surface area contributed by atoms with Crippen molar-refractivity contribution in [2.45, 2.75) is 31.7 Å². The maximum atomic E-state index is 4.77. The zero-order valence-electron chi connectivity index (χ0n) is 12.4. The molecule has 4 nitrogen and oxygen atoms in total. The molecule has 0 aliphatic carbocycles. The van der Waals surface area contributed by atoms with Gasteiger partial charge in [-0.1, -0.05) is 12.1 Å². The lowest BCUT2D eigenvalue weighted by molar-refractivity contribution is 0.207. The average Bonchev–Trinajstić information content (AvgIpc) is 3.09. The number of likely N-dealkylation sites (tertiary alicyclic amines) is 1. The fraction of sp³-hybridized carbons (Fsp3) is 0.529. The van der Waals surface area contributed by atoms with Crippen molar-refractivity contribution in [3.05, 3.63) is 30.5 Å². The molecular weight excluding hydrogens is 260 g/mol. The molecule has 2 aliphatic heterocycles. The maximum absolute atomic E-state index is 4.77. The monoisotopic (exact) mass is 282 g/mol. The fourth-order valence-corrected chi connectivity index (χ4v) is 3.67. The van der Waals surface area contributed by atoms with Crippen molar-refractivity contribution in [1.82, 2.24) is 14.9 Å². The van der Waals surface area contributed by atoms with Crippen LogP contribution in [0.5, 0.6) is 0 Å². The number of nitrogens with zero attached hydrogens (tertiary/aromatic N) is 4. The molecule has 3 heterocycles. The van der Waals surface area contributed by atoms with Crippen molar-refractivity contribution in [3.63, 3.8) is 0 Å². The minimum atomic E-state index is 0.789. The van der Waals surface area contributed by atoms with Gasteiger partial charge in [0, 0.05) is 19.1 Å². The first kappa shape index (κ1) is 13.0. The Balaban J connectivity index is 1.46. The second kappa shape index (κ2) is 5.60. The summed E-state index contributed by atoms with van der Waals surface area (Å²) in [6, 6.07) is 8.89. The SMILES string of the molecule is c1ccc2nc(N3CCC(N4CCCC4)CC3)cnc2c1. The molecule has 4 rings (SSSR count). The van der Waals surface area contributed by atoms with Crippen LogP contribution in [0.15, 0.2) is 30.5 Å². The Kier molecular flexibility index (Phi) is 3.47. The topological polar surface area (TPSA) is 32.3 Å². The van der Waals surface area contributed by atoms with Crippen molar-refractivity contribution < 1.29 is 0 Å². The molecule has 0 unspecified atom stereocenters. The molecule has 0 atom stereocenters. The van der Waals surface area contributed by atoms with Gasteiger partial charge < -0.3 is 9.80 Å². The Hall–Kier alpha value is -1.68. The molecule has 0 saturated carbocycles. The van der Waals surface area contributed by atoms with Gasteiger partial charge in [0.15, 0.2) is 0 Å². The molecule has 0 spiro atoms. The normalized spacial score (nSPS) is 21.2. The molecule has 0 amide bonds. The van der Waals surface area contributed by atoms with Crippen molar-refractivity contribution in [1.29, 1.82) is 0 Å². The molecule has 4 heteroatoms. The van der Waals surface area contributed by atoms with Crippen LogP contribution in [0.2, 0.25) is 0 Å². The highest BCUT2D eigenvalue weighted by Gasteiger charge is 2.26. The summed E-state index contributed by atoms with van der Waals surface area (Å²) in [6.45, 7) is 4.82. The minimum absolute atomic E-state index is 0.789. The Morgan fingerprint density at radius 1 is 0.905 bits per heavy atom. The summed E-state index contributed by atoms with van der Waals surface area (Å²) < 4.78 is 0. The molecule has 2 saturated heterocycles. The van der Waals surface area contributed by atoms with E-state index in [1.807, 2.05) is 30.5 Å². The van der Waals surface area contributed by atoms with Gasteiger partial charge in [0.05, 0.1) is 17.2 Å². The number of hydrogen-bond acceptors (Lipinski definition) is 4. The van der Waals surface area contributed by atoms with Crippen LogP contribution in [-0.2, 0) is 0 Å². The number of rotatable bonds is 2. The van der Waals surface area contributed by atoms with E-state index in [9.17, 15) is 0 Å². The molecule has 2 aliphatic rings. The van der Waals surface area contributed by atoms with Gasteiger partial charge in [-0.25, -0.2) is 4.98 Å². The van der Waals surface area contributed by atoms with Crippen LogP contribution in [0.3, 0.4) is 0 Å². The number of benzene rings is 1. The largest absolute Gasteiger partial charge is 0.355 e. The molecule has 0 N–H and O–H groups in total. The fourth-order valence-electron chi connectivity index (χ4n) is 3.67. The molecular formula is C17H22N4. The summed E-state index contributed by atoms with van der Waals surface area (Å²) >= 11 is 0. The van der Waals surface area contributed by atoms with Gasteiger partial charge in [-0.15, -0.1) is 0 Å². The second-order valence-electron chi connectivity index (χ2n) is 6.18. The highest BCUT2D eigenvalue weighted by molar-refractivity contribution is 5.75. The van der Waals surface area contributed by atoms with Gasteiger partial charge >= 0.3 is 0 Å². The Bertz CT molecular complexity index is 613. The Labute approximate surface area is 125 Å².